The van der Waals surface area contributed by atoms with Gasteiger partial charge in [-0.05, 0) is 6.07 Å². The maximum absolute atomic E-state index is 12.0. The minimum Gasteiger partial charge on any atom is -0.493 e. The second kappa shape index (κ2) is 5.26. The van der Waals surface area contributed by atoms with Crippen molar-refractivity contribution in [2.45, 2.75) is 5.75 Å². The van der Waals surface area contributed by atoms with Crippen LogP contribution in [0.1, 0.15) is 5.82 Å². The molecule has 2 aromatic rings. The van der Waals surface area contributed by atoms with Crippen LogP contribution < -0.4 is 5.56 Å². The lowest BCUT2D eigenvalue weighted by Gasteiger charge is -2.07. The highest BCUT2D eigenvalue weighted by atomic mass is 35.5. The van der Waals surface area contributed by atoms with Crippen LogP contribution in [0.2, 0.25) is 5.02 Å². The number of nitrogens with one attached hydrogen (secondary N) is 1. The number of benzene rings is 1. The molecule has 0 saturated carbocycles. The molecule has 6 nitrogen and oxygen atoms in total. The van der Waals surface area contributed by atoms with Gasteiger partial charge in [-0.2, -0.15) is 4.98 Å². The summed E-state index contributed by atoms with van der Waals surface area (Å²) in [6.07, 6.45) is 1.01. The summed E-state index contributed by atoms with van der Waals surface area (Å²) in [6, 6.07) is 6.47. The topological polar surface area (TPSA) is 100 Å². The summed E-state index contributed by atoms with van der Waals surface area (Å²) < 4.78 is 22.3. The van der Waals surface area contributed by atoms with Gasteiger partial charge in [0, 0.05) is 16.8 Å². The second-order valence-corrected chi connectivity index (χ2v) is 6.81. The van der Waals surface area contributed by atoms with E-state index in [1.807, 2.05) is 0 Å². The minimum atomic E-state index is -3.37. The van der Waals surface area contributed by atoms with E-state index in [0.717, 1.165) is 6.26 Å². The first kappa shape index (κ1) is 14.5. The van der Waals surface area contributed by atoms with Crippen molar-refractivity contribution in [1.29, 1.82) is 0 Å². The molecule has 106 valence electrons. The molecule has 0 fully saturated rings. The van der Waals surface area contributed by atoms with E-state index in [2.05, 4.69) is 9.97 Å². The molecule has 0 saturated heterocycles. The van der Waals surface area contributed by atoms with Crippen LogP contribution in [0, 0.1) is 0 Å². The lowest BCUT2D eigenvalue weighted by atomic mass is 10.1. The minimum absolute atomic E-state index is 0.0900. The zero-order chi connectivity index (χ0) is 14.9. The molecular weight excluding hydrogens is 304 g/mol. The average Bonchev–Trinajstić information content (AvgIpc) is 2.28. The van der Waals surface area contributed by atoms with Gasteiger partial charge in [-0.3, -0.25) is 4.79 Å². The molecule has 0 bridgehead atoms. The van der Waals surface area contributed by atoms with Crippen molar-refractivity contribution < 1.29 is 13.5 Å². The third-order valence-corrected chi connectivity index (χ3v) is 3.62. The van der Waals surface area contributed by atoms with Crippen LogP contribution in [0.15, 0.2) is 29.1 Å². The van der Waals surface area contributed by atoms with Gasteiger partial charge < -0.3 is 10.1 Å². The molecule has 8 heteroatoms. The molecule has 1 heterocycles. The zero-order valence-corrected chi connectivity index (χ0v) is 12.0. The third kappa shape index (κ3) is 3.17. The highest BCUT2D eigenvalue weighted by Crippen LogP contribution is 2.29. The van der Waals surface area contributed by atoms with Gasteiger partial charge in [0.1, 0.15) is 17.1 Å². The molecule has 0 aliphatic carbocycles. The first-order valence-electron chi connectivity index (χ1n) is 5.53. The van der Waals surface area contributed by atoms with Gasteiger partial charge in [-0.15, -0.1) is 0 Å². The fraction of sp³-hybridized carbons (Fsp3) is 0.167. The van der Waals surface area contributed by atoms with Crippen LogP contribution in [-0.2, 0) is 15.6 Å². The molecule has 2 N–H and O–H groups in total. The number of aromatic nitrogens is 2. The number of sulfone groups is 1. The SMILES string of the molecule is CS(=O)(=O)Cc1nc(O)c(-c2ccccc2Cl)c(=O)[nH]1. The van der Waals surface area contributed by atoms with Crippen molar-refractivity contribution in [3.63, 3.8) is 0 Å². The fourth-order valence-electron chi connectivity index (χ4n) is 1.73. The smallest absolute Gasteiger partial charge is 0.262 e. The van der Waals surface area contributed by atoms with E-state index >= 15 is 0 Å². The van der Waals surface area contributed by atoms with Crippen molar-refractivity contribution in [2.24, 2.45) is 0 Å². The molecule has 0 radical (unpaired) electrons. The van der Waals surface area contributed by atoms with Crippen LogP contribution in [0.4, 0.5) is 0 Å². The molecular formula is C12H11ClN2O4S. The van der Waals surface area contributed by atoms with Crippen LogP contribution in [-0.4, -0.2) is 29.7 Å². The zero-order valence-electron chi connectivity index (χ0n) is 10.4. The van der Waals surface area contributed by atoms with Gasteiger partial charge in [0.15, 0.2) is 9.84 Å². The summed E-state index contributed by atoms with van der Waals surface area (Å²) >= 11 is 5.96. The summed E-state index contributed by atoms with van der Waals surface area (Å²) in [7, 11) is -3.37. The Hall–Kier alpha value is -1.86. The summed E-state index contributed by atoms with van der Waals surface area (Å²) in [4.78, 5) is 18.0. The Balaban J connectivity index is 2.59. The van der Waals surface area contributed by atoms with Crippen LogP contribution in [0.25, 0.3) is 11.1 Å². The van der Waals surface area contributed by atoms with E-state index in [-0.39, 0.29) is 16.4 Å². The number of H-pyrrole nitrogens is 1. The summed E-state index contributed by atoms with van der Waals surface area (Å²) in [5.41, 5.74) is -0.413. The van der Waals surface area contributed by atoms with E-state index in [1.165, 1.54) is 0 Å². The molecule has 2 rings (SSSR count). The molecule has 0 spiro atoms. The molecule has 1 aromatic heterocycles. The maximum Gasteiger partial charge on any atom is 0.262 e. The number of hydrogen-bond donors (Lipinski definition) is 2. The second-order valence-electron chi connectivity index (χ2n) is 4.26. The van der Waals surface area contributed by atoms with E-state index in [4.69, 9.17) is 11.6 Å². The standard InChI is InChI=1S/C12H11ClN2O4S/c1-20(18,19)6-9-14-11(16)10(12(17)15-9)7-4-2-3-5-8(7)13/h2-5H,6H2,1H3,(H2,14,15,16,17). The fourth-order valence-corrected chi connectivity index (χ4v) is 2.59. The Kier molecular flexibility index (Phi) is 3.82. The molecule has 0 amide bonds. The molecule has 0 atom stereocenters. The Morgan fingerprint density at radius 3 is 2.55 bits per heavy atom. The molecule has 0 aliphatic rings. The lowest BCUT2D eigenvalue weighted by Crippen LogP contribution is -2.16. The van der Waals surface area contributed by atoms with Gasteiger partial charge in [-0.1, -0.05) is 29.8 Å². The predicted octanol–water partition coefficient (Wildman–Crippen LogP) is 1.34. The summed E-state index contributed by atoms with van der Waals surface area (Å²) in [5, 5.41) is 10.1. The normalized spacial score (nSPS) is 11.5. The van der Waals surface area contributed by atoms with Gasteiger partial charge in [0.25, 0.3) is 5.56 Å². The number of halogens is 1. The molecule has 1 aromatic carbocycles. The average molecular weight is 315 g/mol. The van der Waals surface area contributed by atoms with E-state index in [1.54, 1.807) is 24.3 Å². The monoisotopic (exact) mass is 314 g/mol. The van der Waals surface area contributed by atoms with Crippen molar-refractivity contribution in [3.05, 3.63) is 45.5 Å². The number of nitrogens with zero attached hydrogens (tertiary/aromatic N) is 1. The molecule has 20 heavy (non-hydrogen) atoms. The quantitative estimate of drug-likeness (QED) is 0.890. The Morgan fingerprint density at radius 1 is 1.35 bits per heavy atom. The molecule has 0 unspecified atom stereocenters. The van der Waals surface area contributed by atoms with Crippen LogP contribution in [0.5, 0.6) is 5.88 Å². The molecule has 0 aliphatic heterocycles. The Labute approximate surface area is 120 Å². The first-order valence-corrected chi connectivity index (χ1v) is 7.96. The van der Waals surface area contributed by atoms with Gasteiger partial charge in [0.05, 0.1) is 0 Å². The van der Waals surface area contributed by atoms with Gasteiger partial charge in [-0.25, -0.2) is 8.42 Å². The number of hydrogen-bond acceptors (Lipinski definition) is 5. The van der Waals surface area contributed by atoms with Crippen molar-refractivity contribution in [2.75, 3.05) is 6.26 Å². The highest BCUT2D eigenvalue weighted by Gasteiger charge is 2.17. The summed E-state index contributed by atoms with van der Waals surface area (Å²) in [6.45, 7) is 0. The van der Waals surface area contributed by atoms with E-state index in [9.17, 15) is 18.3 Å². The number of rotatable bonds is 3. The van der Waals surface area contributed by atoms with Crippen LogP contribution >= 0.6 is 11.6 Å². The largest absolute Gasteiger partial charge is 0.493 e. The highest BCUT2D eigenvalue weighted by molar-refractivity contribution is 7.89. The summed E-state index contributed by atoms with van der Waals surface area (Å²) in [5.74, 6) is -1.13. The van der Waals surface area contributed by atoms with E-state index < -0.39 is 27.0 Å². The van der Waals surface area contributed by atoms with Crippen LogP contribution in [0.3, 0.4) is 0 Å². The van der Waals surface area contributed by atoms with Gasteiger partial charge >= 0.3 is 0 Å². The maximum atomic E-state index is 12.0. The number of aromatic hydroxyl groups is 1. The Morgan fingerprint density at radius 2 is 2.00 bits per heavy atom. The first-order chi connectivity index (χ1) is 9.28. The lowest BCUT2D eigenvalue weighted by molar-refractivity contribution is 0.451. The van der Waals surface area contributed by atoms with E-state index in [0.29, 0.717) is 5.56 Å². The van der Waals surface area contributed by atoms with Crippen molar-refractivity contribution >= 4 is 21.4 Å². The van der Waals surface area contributed by atoms with Gasteiger partial charge in [0.2, 0.25) is 5.88 Å². The third-order valence-electron chi connectivity index (χ3n) is 2.49. The van der Waals surface area contributed by atoms with Crippen molar-refractivity contribution in [1.82, 2.24) is 9.97 Å². The number of aromatic amines is 1. The predicted molar refractivity (Wildman–Crippen MR) is 75.5 cm³/mol. The Bertz CT molecular complexity index is 814. The van der Waals surface area contributed by atoms with Crippen molar-refractivity contribution in [3.8, 4) is 17.0 Å².